The molecule has 0 fully saturated rings. The molecule has 4 nitrogen and oxygen atoms in total. The highest BCUT2D eigenvalue weighted by atomic mass is 35.5. The highest BCUT2D eigenvalue weighted by molar-refractivity contribution is 6.30. The fraction of sp³-hybridized carbons (Fsp3) is 0.375. The minimum absolute atomic E-state index is 0.0602. The Bertz CT molecular complexity index is 759. The van der Waals surface area contributed by atoms with Crippen LogP contribution in [0.25, 0.3) is 5.69 Å². The van der Waals surface area contributed by atoms with Crippen LogP contribution in [0.3, 0.4) is 0 Å². The maximum Gasteiger partial charge on any atom is 0.424 e. The lowest BCUT2D eigenvalue weighted by Gasteiger charge is -2.24. The molecular weight excluding hydrogens is 290 g/mol. The molecular formula is C16H16ClNO3. The van der Waals surface area contributed by atoms with E-state index >= 15 is 0 Å². The molecule has 2 atom stereocenters. The van der Waals surface area contributed by atoms with E-state index in [1.807, 2.05) is 13.0 Å². The number of hydrogen-bond donors (Lipinski definition) is 0. The zero-order chi connectivity index (χ0) is 15.1. The van der Waals surface area contributed by atoms with E-state index in [0.29, 0.717) is 22.9 Å². The molecule has 0 spiro atoms. The van der Waals surface area contributed by atoms with Gasteiger partial charge < -0.3 is 4.42 Å². The number of oxazole rings is 1. The van der Waals surface area contributed by atoms with Crippen molar-refractivity contribution in [2.75, 3.05) is 0 Å². The topological polar surface area (TPSA) is 52.2 Å². The van der Waals surface area contributed by atoms with Gasteiger partial charge in [0.1, 0.15) is 11.5 Å². The van der Waals surface area contributed by atoms with E-state index in [0.717, 1.165) is 12.1 Å². The van der Waals surface area contributed by atoms with Crippen LogP contribution in [-0.4, -0.2) is 10.4 Å². The number of rotatable bonds is 2. The second kappa shape index (κ2) is 5.19. The zero-order valence-corrected chi connectivity index (χ0v) is 12.7. The molecule has 0 N–H and O–H groups in total. The van der Waals surface area contributed by atoms with Crippen molar-refractivity contribution >= 4 is 17.4 Å². The Morgan fingerprint density at radius 2 is 2.19 bits per heavy atom. The lowest BCUT2D eigenvalue weighted by Crippen LogP contribution is -2.25. The summed E-state index contributed by atoms with van der Waals surface area (Å²) in [7, 11) is 0. The van der Waals surface area contributed by atoms with Gasteiger partial charge in [-0.25, -0.2) is 9.36 Å². The highest BCUT2D eigenvalue weighted by Gasteiger charge is 2.33. The second-order valence-corrected chi connectivity index (χ2v) is 6.08. The van der Waals surface area contributed by atoms with Gasteiger partial charge in [-0.05, 0) is 31.5 Å². The number of halogens is 1. The van der Waals surface area contributed by atoms with Gasteiger partial charge in [-0.3, -0.25) is 4.79 Å². The van der Waals surface area contributed by atoms with Crippen LogP contribution in [0.2, 0.25) is 5.02 Å². The molecule has 0 saturated carbocycles. The van der Waals surface area contributed by atoms with Gasteiger partial charge in [0.15, 0.2) is 0 Å². The van der Waals surface area contributed by atoms with Crippen molar-refractivity contribution in [2.45, 2.75) is 32.6 Å². The van der Waals surface area contributed by atoms with Crippen molar-refractivity contribution in [2.24, 2.45) is 5.92 Å². The second-order valence-electron chi connectivity index (χ2n) is 5.64. The fourth-order valence-electron chi connectivity index (χ4n) is 3.03. The summed E-state index contributed by atoms with van der Waals surface area (Å²) in [5.74, 6) is 0.431. The van der Waals surface area contributed by atoms with Crippen LogP contribution in [0.1, 0.15) is 37.6 Å². The van der Waals surface area contributed by atoms with Gasteiger partial charge in [-0.1, -0.05) is 24.6 Å². The molecule has 0 bridgehead atoms. The third kappa shape index (κ3) is 2.44. The first-order chi connectivity index (χ1) is 9.97. The highest BCUT2D eigenvalue weighted by Crippen LogP contribution is 2.35. The van der Waals surface area contributed by atoms with Crippen molar-refractivity contribution in [3.05, 3.63) is 51.3 Å². The number of hydrogen-bond acceptors (Lipinski definition) is 3. The Morgan fingerprint density at radius 1 is 1.43 bits per heavy atom. The van der Waals surface area contributed by atoms with Crippen LogP contribution in [0.15, 0.2) is 33.5 Å². The first kappa shape index (κ1) is 14.1. The van der Waals surface area contributed by atoms with E-state index < -0.39 is 5.76 Å². The molecule has 1 aromatic carbocycles. The summed E-state index contributed by atoms with van der Waals surface area (Å²) in [6, 6.07) is 7.08. The van der Waals surface area contributed by atoms with Crippen LogP contribution in [0.4, 0.5) is 0 Å². The van der Waals surface area contributed by atoms with E-state index in [-0.39, 0.29) is 17.6 Å². The average Bonchev–Trinajstić information content (AvgIpc) is 2.75. The third-order valence-corrected chi connectivity index (χ3v) is 4.34. The Balaban J connectivity index is 2.16. The number of carbonyl (C=O) groups is 1. The van der Waals surface area contributed by atoms with Crippen LogP contribution >= 0.6 is 11.6 Å². The van der Waals surface area contributed by atoms with Crippen molar-refractivity contribution in [3.8, 4) is 5.69 Å². The molecule has 1 aliphatic carbocycles. The van der Waals surface area contributed by atoms with Gasteiger partial charge >= 0.3 is 5.76 Å². The van der Waals surface area contributed by atoms with Gasteiger partial charge in [0, 0.05) is 23.3 Å². The monoisotopic (exact) mass is 305 g/mol. The van der Waals surface area contributed by atoms with Gasteiger partial charge in [-0.15, -0.1) is 0 Å². The number of fused-ring (bicyclic) bond motifs is 1. The summed E-state index contributed by atoms with van der Waals surface area (Å²) < 4.78 is 6.96. The predicted molar refractivity (Wildman–Crippen MR) is 80.2 cm³/mol. The quantitative estimate of drug-likeness (QED) is 0.855. The molecule has 1 aliphatic rings. The number of carbonyl (C=O) groups excluding carboxylic acids is 1. The molecule has 0 saturated heterocycles. The van der Waals surface area contributed by atoms with Crippen molar-refractivity contribution in [3.63, 3.8) is 0 Å². The van der Waals surface area contributed by atoms with E-state index in [1.54, 1.807) is 25.1 Å². The maximum absolute atomic E-state index is 12.2. The molecule has 0 unspecified atom stereocenters. The maximum atomic E-state index is 12.2. The van der Waals surface area contributed by atoms with Gasteiger partial charge in [0.2, 0.25) is 0 Å². The van der Waals surface area contributed by atoms with E-state index in [9.17, 15) is 9.59 Å². The number of ketones is 1. The first-order valence-corrected chi connectivity index (χ1v) is 7.36. The molecule has 1 heterocycles. The normalized spacial score (nSPS) is 21.1. The fourth-order valence-corrected chi connectivity index (χ4v) is 3.22. The standard InChI is InChI=1S/C16H16ClNO3/c1-9-6-11(10(2)19)7-14-15(9)21-16(20)18(14)13-5-3-4-12(17)8-13/h3-5,8-9,11H,6-7H2,1-2H3/t9-,11+/m0/s1. The Labute approximate surface area is 127 Å². The molecule has 5 heteroatoms. The summed E-state index contributed by atoms with van der Waals surface area (Å²) >= 11 is 6.00. The lowest BCUT2D eigenvalue weighted by atomic mass is 9.81. The molecule has 3 rings (SSSR count). The van der Waals surface area contributed by atoms with Crippen LogP contribution in [0, 0.1) is 5.92 Å². The summed E-state index contributed by atoms with van der Waals surface area (Å²) in [6.07, 6.45) is 1.26. The number of aromatic nitrogens is 1. The predicted octanol–water partition coefficient (Wildman–Crippen LogP) is 3.34. The van der Waals surface area contributed by atoms with E-state index in [2.05, 4.69) is 0 Å². The van der Waals surface area contributed by atoms with Crippen LogP contribution in [0.5, 0.6) is 0 Å². The minimum atomic E-state index is -0.418. The van der Waals surface area contributed by atoms with Crippen LogP contribution < -0.4 is 5.76 Å². The molecule has 2 aromatic rings. The Hall–Kier alpha value is -1.81. The summed E-state index contributed by atoms with van der Waals surface area (Å²) in [4.78, 5) is 23.9. The SMILES string of the molecule is CC(=O)[C@H]1Cc2c(oc(=O)n2-c2cccc(Cl)c2)[C@@H](C)C1. The summed E-state index contributed by atoms with van der Waals surface area (Å²) in [5.41, 5.74) is 1.47. The Morgan fingerprint density at radius 3 is 2.86 bits per heavy atom. The van der Waals surface area contributed by atoms with Crippen molar-refractivity contribution in [1.29, 1.82) is 0 Å². The zero-order valence-electron chi connectivity index (χ0n) is 11.9. The number of Topliss-reactive ketones (excluding diaryl/α,β-unsaturated/α-hetero) is 1. The number of nitrogens with zero attached hydrogens (tertiary/aromatic N) is 1. The van der Waals surface area contributed by atoms with Gasteiger partial charge in [0.05, 0.1) is 11.4 Å². The number of benzene rings is 1. The molecule has 0 radical (unpaired) electrons. The van der Waals surface area contributed by atoms with Crippen LogP contribution in [-0.2, 0) is 11.2 Å². The Kier molecular flexibility index (Phi) is 3.49. The van der Waals surface area contributed by atoms with E-state index in [1.165, 1.54) is 4.57 Å². The van der Waals surface area contributed by atoms with Crippen molar-refractivity contribution in [1.82, 2.24) is 4.57 Å². The van der Waals surface area contributed by atoms with E-state index in [4.69, 9.17) is 16.0 Å². The largest absolute Gasteiger partial charge is 0.424 e. The molecule has 1 aromatic heterocycles. The molecule has 21 heavy (non-hydrogen) atoms. The minimum Gasteiger partial charge on any atom is -0.412 e. The summed E-state index contributed by atoms with van der Waals surface area (Å²) in [5, 5.41) is 0.557. The lowest BCUT2D eigenvalue weighted by molar-refractivity contribution is -0.121. The van der Waals surface area contributed by atoms with Gasteiger partial charge in [-0.2, -0.15) is 0 Å². The molecule has 110 valence electrons. The molecule has 0 amide bonds. The average molecular weight is 306 g/mol. The smallest absolute Gasteiger partial charge is 0.412 e. The third-order valence-electron chi connectivity index (χ3n) is 4.10. The summed E-state index contributed by atoms with van der Waals surface area (Å²) in [6.45, 7) is 3.59. The molecule has 0 aliphatic heterocycles. The van der Waals surface area contributed by atoms with Crippen molar-refractivity contribution < 1.29 is 9.21 Å². The van der Waals surface area contributed by atoms with Gasteiger partial charge in [0.25, 0.3) is 0 Å². The first-order valence-electron chi connectivity index (χ1n) is 6.98.